The van der Waals surface area contributed by atoms with Gasteiger partial charge in [-0.3, -0.25) is 4.79 Å². The summed E-state index contributed by atoms with van der Waals surface area (Å²) in [6.45, 7) is 4.36. The van der Waals surface area contributed by atoms with Crippen molar-refractivity contribution in [1.82, 2.24) is 15.3 Å². The van der Waals surface area contributed by atoms with E-state index >= 15 is 0 Å². The molecule has 2 aromatic heterocycles. The van der Waals surface area contributed by atoms with Crippen molar-refractivity contribution in [3.05, 3.63) is 47.8 Å². The first-order valence-electron chi connectivity index (χ1n) is 9.13. The number of nitrogens with zero attached hydrogens (tertiary/aromatic N) is 2. The van der Waals surface area contributed by atoms with Crippen molar-refractivity contribution in [2.45, 2.75) is 51.7 Å². The number of nitrogens with one attached hydrogen (secondary N) is 1. The number of hydrogen-bond donors (Lipinski definition) is 1. The molecule has 0 atom stereocenters. The van der Waals surface area contributed by atoms with Crippen LogP contribution in [0.2, 0.25) is 0 Å². The molecular formula is C20H25N3O3. The van der Waals surface area contributed by atoms with E-state index in [9.17, 15) is 4.79 Å². The van der Waals surface area contributed by atoms with Crippen molar-refractivity contribution in [1.29, 1.82) is 0 Å². The van der Waals surface area contributed by atoms with Crippen LogP contribution in [0.1, 0.15) is 48.5 Å². The Bertz CT molecular complexity index is 725. The standard InChI is InChI=1S/C20H25N3O3/c1-3-25-20-17(5-4-12-21-20)19(24)23-15-7-9-16(10-8-15)26-18-11-6-14(2)13-22-18/h4-6,11-13,15-16H,3,7-10H2,1-2H3,(H,23,24). The van der Waals surface area contributed by atoms with Gasteiger partial charge in [0.2, 0.25) is 11.8 Å². The Morgan fingerprint density at radius 3 is 2.69 bits per heavy atom. The lowest BCUT2D eigenvalue weighted by Crippen LogP contribution is -2.40. The number of aromatic nitrogens is 2. The Morgan fingerprint density at radius 1 is 1.19 bits per heavy atom. The first-order valence-corrected chi connectivity index (χ1v) is 9.13. The molecule has 1 amide bonds. The molecule has 0 saturated heterocycles. The lowest BCUT2D eigenvalue weighted by molar-refractivity contribution is 0.0885. The summed E-state index contributed by atoms with van der Waals surface area (Å²) in [6, 6.07) is 7.53. The Morgan fingerprint density at radius 2 is 2.00 bits per heavy atom. The lowest BCUT2D eigenvalue weighted by Gasteiger charge is -2.29. The third kappa shape index (κ3) is 4.71. The maximum atomic E-state index is 12.5. The van der Waals surface area contributed by atoms with Crippen molar-refractivity contribution >= 4 is 5.91 Å². The second-order valence-electron chi connectivity index (χ2n) is 6.53. The Hall–Kier alpha value is -2.63. The number of ether oxygens (including phenoxy) is 2. The highest BCUT2D eigenvalue weighted by molar-refractivity contribution is 5.96. The molecule has 1 fully saturated rings. The molecule has 6 nitrogen and oxygen atoms in total. The largest absolute Gasteiger partial charge is 0.477 e. The van der Waals surface area contributed by atoms with E-state index in [-0.39, 0.29) is 18.1 Å². The molecular weight excluding hydrogens is 330 g/mol. The molecule has 1 aliphatic carbocycles. The molecule has 26 heavy (non-hydrogen) atoms. The van der Waals surface area contributed by atoms with E-state index in [1.165, 1.54) is 0 Å². The lowest BCUT2D eigenvalue weighted by atomic mass is 9.92. The van der Waals surface area contributed by atoms with E-state index in [1.54, 1.807) is 18.3 Å². The fourth-order valence-corrected chi connectivity index (χ4v) is 3.10. The van der Waals surface area contributed by atoms with Crippen LogP contribution in [0.25, 0.3) is 0 Å². The van der Waals surface area contributed by atoms with Gasteiger partial charge in [-0.05, 0) is 57.2 Å². The van der Waals surface area contributed by atoms with Crippen LogP contribution >= 0.6 is 0 Å². The van der Waals surface area contributed by atoms with Gasteiger partial charge in [0.25, 0.3) is 5.91 Å². The van der Waals surface area contributed by atoms with E-state index in [0.29, 0.717) is 23.9 Å². The van der Waals surface area contributed by atoms with Crippen molar-refractivity contribution in [3.8, 4) is 11.8 Å². The zero-order chi connectivity index (χ0) is 18.4. The van der Waals surface area contributed by atoms with E-state index in [2.05, 4.69) is 15.3 Å². The highest BCUT2D eigenvalue weighted by Gasteiger charge is 2.25. The molecule has 2 heterocycles. The minimum absolute atomic E-state index is 0.133. The van der Waals surface area contributed by atoms with Crippen molar-refractivity contribution in [2.24, 2.45) is 0 Å². The second-order valence-corrected chi connectivity index (χ2v) is 6.53. The Labute approximate surface area is 154 Å². The van der Waals surface area contributed by atoms with Crippen LogP contribution in [0.15, 0.2) is 36.7 Å². The number of rotatable bonds is 6. The molecule has 1 N–H and O–H groups in total. The molecule has 0 unspecified atom stereocenters. The van der Waals surface area contributed by atoms with Gasteiger partial charge in [0.15, 0.2) is 0 Å². The highest BCUT2D eigenvalue weighted by atomic mass is 16.5. The molecule has 0 aliphatic heterocycles. The third-order valence-electron chi connectivity index (χ3n) is 4.48. The number of pyridine rings is 2. The molecule has 0 spiro atoms. The summed E-state index contributed by atoms with van der Waals surface area (Å²) in [5, 5.41) is 3.10. The Balaban J connectivity index is 1.51. The minimum atomic E-state index is -0.133. The van der Waals surface area contributed by atoms with Gasteiger partial charge in [0, 0.05) is 24.5 Å². The summed E-state index contributed by atoms with van der Waals surface area (Å²) in [5.41, 5.74) is 1.60. The molecule has 0 aromatic carbocycles. The van der Waals surface area contributed by atoms with Crippen LogP contribution in [-0.4, -0.2) is 34.6 Å². The predicted molar refractivity (Wildman–Crippen MR) is 98.5 cm³/mol. The predicted octanol–water partition coefficient (Wildman–Crippen LogP) is 3.30. The van der Waals surface area contributed by atoms with Gasteiger partial charge < -0.3 is 14.8 Å². The molecule has 1 saturated carbocycles. The van der Waals surface area contributed by atoms with Gasteiger partial charge in [-0.2, -0.15) is 0 Å². The van der Waals surface area contributed by atoms with Gasteiger partial charge in [-0.1, -0.05) is 6.07 Å². The van der Waals surface area contributed by atoms with Crippen LogP contribution in [0, 0.1) is 6.92 Å². The second kappa shape index (κ2) is 8.65. The van der Waals surface area contributed by atoms with Gasteiger partial charge in [-0.15, -0.1) is 0 Å². The van der Waals surface area contributed by atoms with Crippen LogP contribution in [0.4, 0.5) is 0 Å². The number of hydrogen-bond acceptors (Lipinski definition) is 5. The van der Waals surface area contributed by atoms with E-state index < -0.39 is 0 Å². The number of carbonyl (C=O) groups excluding carboxylic acids is 1. The van der Waals surface area contributed by atoms with Gasteiger partial charge in [-0.25, -0.2) is 9.97 Å². The Kier molecular flexibility index (Phi) is 6.04. The number of amides is 1. The van der Waals surface area contributed by atoms with Gasteiger partial charge in [0.05, 0.1) is 6.61 Å². The summed E-state index contributed by atoms with van der Waals surface area (Å²) in [7, 11) is 0. The maximum absolute atomic E-state index is 12.5. The van der Waals surface area contributed by atoms with Crippen LogP contribution < -0.4 is 14.8 Å². The van der Waals surface area contributed by atoms with Crippen LogP contribution in [-0.2, 0) is 0 Å². The zero-order valence-electron chi connectivity index (χ0n) is 15.3. The third-order valence-corrected chi connectivity index (χ3v) is 4.48. The quantitative estimate of drug-likeness (QED) is 0.861. The summed E-state index contributed by atoms with van der Waals surface area (Å²) >= 11 is 0. The number of aryl methyl sites for hydroxylation is 1. The molecule has 2 aromatic rings. The fraction of sp³-hybridized carbons (Fsp3) is 0.450. The first-order chi connectivity index (χ1) is 12.7. The van der Waals surface area contributed by atoms with Crippen LogP contribution in [0.5, 0.6) is 11.8 Å². The molecule has 0 bridgehead atoms. The SMILES string of the molecule is CCOc1ncccc1C(=O)NC1CCC(Oc2ccc(C)cn2)CC1. The maximum Gasteiger partial charge on any atom is 0.256 e. The van der Waals surface area contributed by atoms with E-state index in [0.717, 1.165) is 31.2 Å². The van der Waals surface area contributed by atoms with Crippen LogP contribution in [0.3, 0.4) is 0 Å². The zero-order valence-corrected chi connectivity index (χ0v) is 15.3. The average molecular weight is 355 g/mol. The summed E-state index contributed by atoms with van der Waals surface area (Å²) in [5.74, 6) is 0.917. The van der Waals surface area contributed by atoms with Gasteiger partial charge in [0.1, 0.15) is 11.7 Å². The topological polar surface area (TPSA) is 73.3 Å². The molecule has 1 aliphatic rings. The van der Waals surface area contributed by atoms with Crippen molar-refractivity contribution in [3.63, 3.8) is 0 Å². The van der Waals surface area contributed by atoms with Crippen molar-refractivity contribution < 1.29 is 14.3 Å². The minimum Gasteiger partial charge on any atom is -0.477 e. The summed E-state index contributed by atoms with van der Waals surface area (Å²) in [4.78, 5) is 21.0. The molecule has 3 rings (SSSR count). The monoisotopic (exact) mass is 355 g/mol. The summed E-state index contributed by atoms with van der Waals surface area (Å²) < 4.78 is 11.4. The van der Waals surface area contributed by atoms with E-state index in [4.69, 9.17) is 9.47 Å². The van der Waals surface area contributed by atoms with Gasteiger partial charge >= 0.3 is 0 Å². The fourth-order valence-electron chi connectivity index (χ4n) is 3.10. The molecule has 0 radical (unpaired) electrons. The smallest absolute Gasteiger partial charge is 0.256 e. The number of carbonyl (C=O) groups is 1. The first kappa shape index (κ1) is 18.2. The molecule has 138 valence electrons. The summed E-state index contributed by atoms with van der Waals surface area (Å²) in [6.07, 6.45) is 7.14. The normalized spacial score (nSPS) is 19.6. The molecule has 6 heteroatoms. The van der Waals surface area contributed by atoms with E-state index in [1.807, 2.05) is 32.2 Å². The highest BCUT2D eigenvalue weighted by Crippen LogP contribution is 2.24. The average Bonchev–Trinajstić information content (AvgIpc) is 2.66. The van der Waals surface area contributed by atoms with Crippen molar-refractivity contribution in [2.75, 3.05) is 6.61 Å².